The van der Waals surface area contributed by atoms with Gasteiger partial charge in [-0.2, -0.15) is 0 Å². The molecule has 0 aromatic rings. The minimum absolute atomic E-state index is 0.864. The summed E-state index contributed by atoms with van der Waals surface area (Å²) < 4.78 is 5.27. The van der Waals surface area contributed by atoms with E-state index < -0.39 is 0 Å². The van der Waals surface area contributed by atoms with Crippen LogP contribution in [0.15, 0.2) is 0 Å². The average molecular weight is 157 g/mol. The van der Waals surface area contributed by atoms with Gasteiger partial charge in [0.15, 0.2) is 0 Å². The fourth-order valence-electron chi connectivity index (χ4n) is 1.58. The molecule has 0 aliphatic carbocycles. The van der Waals surface area contributed by atoms with Crippen LogP contribution >= 0.6 is 0 Å². The predicted molar refractivity (Wildman–Crippen MR) is 46.7 cm³/mol. The van der Waals surface area contributed by atoms with Crippen LogP contribution < -0.4 is 5.32 Å². The second-order valence-electron chi connectivity index (χ2n) is 3.20. The molecule has 1 heterocycles. The predicted octanol–water partition coefficient (Wildman–Crippen LogP) is 1.41. The third-order valence-corrected chi connectivity index (χ3v) is 2.27. The molecule has 1 N–H and O–H groups in total. The van der Waals surface area contributed by atoms with Gasteiger partial charge in [-0.25, -0.2) is 0 Å². The standard InChI is InChI=1S/C9H19NO/c1-2-11-7-3-4-9-5-6-10-8-9/h9-10H,2-8H2,1H3/t9-/m0/s1. The molecule has 0 unspecified atom stereocenters. The van der Waals surface area contributed by atoms with Gasteiger partial charge in [-0.05, 0) is 45.2 Å². The Morgan fingerprint density at radius 1 is 1.55 bits per heavy atom. The molecule has 2 nitrogen and oxygen atoms in total. The van der Waals surface area contributed by atoms with Crippen LogP contribution in [-0.4, -0.2) is 26.3 Å². The first-order chi connectivity index (χ1) is 5.43. The Labute approximate surface area is 69.3 Å². The SMILES string of the molecule is CCOCCC[C@H]1CCNC1. The lowest BCUT2D eigenvalue weighted by molar-refractivity contribution is 0.140. The Kier molecular flexibility index (Phi) is 4.55. The highest BCUT2D eigenvalue weighted by atomic mass is 16.5. The van der Waals surface area contributed by atoms with Crippen molar-refractivity contribution in [3.05, 3.63) is 0 Å². The number of ether oxygens (including phenoxy) is 1. The number of hydrogen-bond donors (Lipinski definition) is 1. The van der Waals surface area contributed by atoms with E-state index in [1.165, 1.54) is 32.4 Å². The molecule has 0 spiro atoms. The van der Waals surface area contributed by atoms with Crippen molar-refractivity contribution in [2.45, 2.75) is 26.2 Å². The van der Waals surface area contributed by atoms with Gasteiger partial charge >= 0.3 is 0 Å². The Morgan fingerprint density at radius 2 is 2.45 bits per heavy atom. The molecular formula is C9H19NO. The lowest BCUT2D eigenvalue weighted by atomic mass is 10.0. The summed E-state index contributed by atoms with van der Waals surface area (Å²) >= 11 is 0. The Bertz CT molecular complexity index is 89.6. The molecule has 1 aliphatic heterocycles. The summed E-state index contributed by atoms with van der Waals surface area (Å²) in [6.07, 6.45) is 3.94. The first kappa shape index (κ1) is 9.01. The van der Waals surface area contributed by atoms with E-state index in [-0.39, 0.29) is 0 Å². The van der Waals surface area contributed by atoms with Gasteiger partial charge in [0.2, 0.25) is 0 Å². The van der Waals surface area contributed by atoms with Gasteiger partial charge in [0, 0.05) is 13.2 Å². The lowest BCUT2D eigenvalue weighted by Gasteiger charge is -2.06. The van der Waals surface area contributed by atoms with Crippen molar-refractivity contribution in [2.24, 2.45) is 5.92 Å². The largest absolute Gasteiger partial charge is 0.382 e. The van der Waals surface area contributed by atoms with Crippen LogP contribution in [0.25, 0.3) is 0 Å². The van der Waals surface area contributed by atoms with Crippen molar-refractivity contribution < 1.29 is 4.74 Å². The van der Waals surface area contributed by atoms with Crippen LogP contribution in [0.5, 0.6) is 0 Å². The third kappa shape index (κ3) is 3.73. The molecular weight excluding hydrogens is 138 g/mol. The summed E-state index contributed by atoms with van der Waals surface area (Å²) in [6, 6.07) is 0. The van der Waals surface area contributed by atoms with Crippen LogP contribution in [-0.2, 0) is 4.74 Å². The van der Waals surface area contributed by atoms with E-state index in [4.69, 9.17) is 4.74 Å². The maximum Gasteiger partial charge on any atom is 0.0466 e. The molecule has 0 amide bonds. The number of hydrogen-bond acceptors (Lipinski definition) is 2. The average Bonchev–Trinajstić information content (AvgIpc) is 2.50. The molecule has 1 atom stereocenters. The molecule has 1 aliphatic rings. The van der Waals surface area contributed by atoms with Crippen molar-refractivity contribution in [1.29, 1.82) is 0 Å². The van der Waals surface area contributed by atoms with E-state index in [2.05, 4.69) is 12.2 Å². The summed E-state index contributed by atoms with van der Waals surface area (Å²) in [4.78, 5) is 0. The maximum absolute atomic E-state index is 5.27. The van der Waals surface area contributed by atoms with E-state index in [1.54, 1.807) is 0 Å². The van der Waals surface area contributed by atoms with Crippen LogP contribution in [0, 0.1) is 5.92 Å². The van der Waals surface area contributed by atoms with Crippen molar-refractivity contribution in [3.8, 4) is 0 Å². The van der Waals surface area contributed by atoms with E-state index >= 15 is 0 Å². The fourth-order valence-corrected chi connectivity index (χ4v) is 1.58. The van der Waals surface area contributed by atoms with Gasteiger partial charge in [-0.15, -0.1) is 0 Å². The Morgan fingerprint density at radius 3 is 3.09 bits per heavy atom. The molecule has 0 radical (unpaired) electrons. The highest BCUT2D eigenvalue weighted by molar-refractivity contribution is 4.70. The molecule has 0 aromatic carbocycles. The van der Waals surface area contributed by atoms with Crippen LogP contribution in [0.2, 0.25) is 0 Å². The smallest absolute Gasteiger partial charge is 0.0466 e. The highest BCUT2D eigenvalue weighted by Crippen LogP contribution is 2.13. The summed E-state index contributed by atoms with van der Waals surface area (Å²) in [5, 5.41) is 3.37. The molecule has 1 rings (SSSR count). The van der Waals surface area contributed by atoms with Crippen molar-refractivity contribution in [1.82, 2.24) is 5.32 Å². The van der Waals surface area contributed by atoms with Crippen LogP contribution in [0.4, 0.5) is 0 Å². The first-order valence-electron chi connectivity index (χ1n) is 4.72. The van der Waals surface area contributed by atoms with E-state index in [1.807, 2.05) is 0 Å². The van der Waals surface area contributed by atoms with Crippen LogP contribution in [0.1, 0.15) is 26.2 Å². The quantitative estimate of drug-likeness (QED) is 0.609. The summed E-state index contributed by atoms with van der Waals surface area (Å²) in [6.45, 7) is 6.32. The molecule has 2 heteroatoms. The van der Waals surface area contributed by atoms with Crippen LogP contribution in [0.3, 0.4) is 0 Å². The zero-order valence-corrected chi connectivity index (χ0v) is 7.44. The Balaban J connectivity index is 1.86. The fraction of sp³-hybridized carbons (Fsp3) is 1.00. The zero-order chi connectivity index (χ0) is 7.94. The molecule has 0 aromatic heterocycles. The minimum atomic E-state index is 0.864. The van der Waals surface area contributed by atoms with Gasteiger partial charge < -0.3 is 10.1 Å². The summed E-state index contributed by atoms with van der Waals surface area (Å²) in [5.41, 5.74) is 0. The zero-order valence-electron chi connectivity index (χ0n) is 7.44. The van der Waals surface area contributed by atoms with Crippen molar-refractivity contribution >= 4 is 0 Å². The van der Waals surface area contributed by atoms with Crippen molar-refractivity contribution in [3.63, 3.8) is 0 Å². The molecule has 11 heavy (non-hydrogen) atoms. The maximum atomic E-state index is 5.27. The molecule has 0 bridgehead atoms. The number of nitrogens with one attached hydrogen (secondary N) is 1. The number of rotatable bonds is 5. The normalized spacial score (nSPS) is 24.3. The van der Waals surface area contributed by atoms with Gasteiger partial charge in [0.1, 0.15) is 0 Å². The topological polar surface area (TPSA) is 21.3 Å². The molecule has 66 valence electrons. The monoisotopic (exact) mass is 157 g/mol. The van der Waals surface area contributed by atoms with Gasteiger partial charge in [0.25, 0.3) is 0 Å². The highest BCUT2D eigenvalue weighted by Gasteiger charge is 2.12. The second-order valence-corrected chi connectivity index (χ2v) is 3.20. The second kappa shape index (κ2) is 5.56. The summed E-state index contributed by atoms with van der Waals surface area (Å²) in [5.74, 6) is 0.926. The molecule has 1 fully saturated rings. The lowest BCUT2D eigenvalue weighted by Crippen LogP contribution is -2.09. The van der Waals surface area contributed by atoms with Gasteiger partial charge in [-0.3, -0.25) is 0 Å². The molecule has 0 saturated carbocycles. The first-order valence-corrected chi connectivity index (χ1v) is 4.72. The minimum Gasteiger partial charge on any atom is -0.382 e. The molecule has 1 saturated heterocycles. The van der Waals surface area contributed by atoms with Crippen molar-refractivity contribution in [2.75, 3.05) is 26.3 Å². The summed E-state index contributed by atoms with van der Waals surface area (Å²) in [7, 11) is 0. The Hall–Kier alpha value is -0.0800. The van der Waals surface area contributed by atoms with Gasteiger partial charge in [0.05, 0.1) is 0 Å². The third-order valence-electron chi connectivity index (χ3n) is 2.27. The van der Waals surface area contributed by atoms with E-state index in [9.17, 15) is 0 Å². The van der Waals surface area contributed by atoms with E-state index in [0.29, 0.717) is 0 Å². The van der Waals surface area contributed by atoms with E-state index in [0.717, 1.165) is 19.1 Å². The van der Waals surface area contributed by atoms with Gasteiger partial charge in [-0.1, -0.05) is 0 Å².